The summed E-state index contributed by atoms with van der Waals surface area (Å²) in [5, 5.41) is 27.7. The molecule has 55 heavy (non-hydrogen) atoms. The smallest absolute Gasteiger partial charge is 0.255 e. The Labute approximate surface area is 319 Å². The van der Waals surface area contributed by atoms with E-state index in [2.05, 4.69) is 22.9 Å². The van der Waals surface area contributed by atoms with Crippen LogP contribution in [0.4, 0.5) is 5.69 Å². The van der Waals surface area contributed by atoms with Crippen molar-refractivity contribution in [1.82, 2.24) is 15.5 Å². The van der Waals surface area contributed by atoms with Crippen LogP contribution < -0.4 is 20.7 Å². The Bertz CT molecular complexity index is 2090. The van der Waals surface area contributed by atoms with Gasteiger partial charge in [-0.25, -0.2) is 0 Å². The molecule has 6 rings (SSSR count). The first-order valence-corrected chi connectivity index (χ1v) is 18.5. The summed E-state index contributed by atoms with van der Waals surface area (Å²) in [6.45, 7) is 2.82. The van der Waals surface area contributed by atoms with E-state index in [0.717, 1.165) is 34.3 Å². The van der Waals surface area contributed by atoms with Crippen molar-refractivity contribution in [3.8, 4) is 17.2 Å². The van der Waals surface area contributed by atoms with Crippen LogP contribution in [-0.4, -0.2) is 63.8 Å². The zero-order valence-electron chi connectivity index (χ0n) is 30.6. The van der Waals surface area contributed by atoms with E-state index in [9.17, 15) is 34.2 Å². The first-order valence-electron chi connectivity index (χ1n) is 18.5. The minimum absolute atomic E-state index is 0.141. The van der Waals surface area contributed by atoms with Crippen LogP contribution in [0.2, 0.25) is 0 Å². The van der Waals surface area contributed by atoms with Gasteiger partial charge in [-0.1, -0.05) is 49.4 Å². The van der Waals surface area contributed by atoms with Crippen LogP contribution >= 0.6 is 0 Å². The third-order valence-corrected chi connectivity index (χ3v) is 9.78. The second kappa shape index (κ2) is 17.6. The van der Waals surface area contributed by atoms with Crippen molar-refractivity contribution in [2.75, 3.05) is 18.5 Å². The van der Waals surface area contributed by atoms with Crippen molar-refractivity contribution < 1.29 is 38.9 Å². The first-order chi connectivity index (χ1) is 26.6. The minimum Gasteiger partial charge on any atom is -0.508 e. The zero-order valence-corrected chi connectivity index (χ0v) is 30.6. The standard InChI is InChI=1S/C43H44N4O8/c1-2-33(27-10-16-30(48)17-11-27)41(28-12-18-31(49)19-13-28)29-14-20-32(21-15-29)55-25-24-44-38(50)8-3-4-9-39(51)45-36-7-5-6-34-35(36)26-47(43(34)54)37-22-23-40(52)46-42(37)53/h5-7,10-21,37,48-49H,2-4,8-9,22-26H2,1H3,(H,44,50)(H,45,51)(H,46,52,53). The molecule has 12 nitrogen and oxygen atoms in total. The number of nitrogens with one attached hydrogen (secondary N) is 3. The Kier molecular flexibility index (Phi) is 12.3. The number of amides is 5. The van der Waals surface area contributed by atoms with Gasteiger partial charge in [-0.05, 0) is 102 Å². The molecular weight excluding hydrogens is 700 g/mol. The number of hydrogen-bond donors (Lipinski definition) is 5. The Morgan fingerprint density at radius 3 is 2.07 bits per heavy atom. The van der Waals surface area contributed by atoms with Crippen molar-refractivity contribution in [3.05, 3.63) is 119 Å². The number of allylic oxidation sites excluding steroid dienone is 1. The number of hydrogen-bond acceptors (Lipinski definition) is 8. The summed E-state index contributed by atoms with van der Waals surface area (Å²) in [4.78, 5) is 63.7. The fourth-order valence-electron chi connectivity index (χ4n) is 6.98. The largest absolute Gasteiger partial charge is 0.508 e. The monoisotopic (exact) mass is 744 g/mol. The van der Waals surface area contributed by atoms with E-state index in [1.807, 2.05) is 48.5 Å². The maximum atomic E-state index is 13.1. The second-order valence-electron chi connectivity index (χ2n) is 13.5. The summed E-state index contributed by atoms with van der Waals surface area (Å²) in [6.07, 6.45) is 2.61. The molecular formula is C43H44N4O8. The fourth-order valence-corrected chi connectivity index (χ4v) is 6.98. The SMILES string of the molecule is CCC(=C(c1ccc(O)cc1)c1ccc(OCCNC(=O)CCCCC(=O)Nc2cccc3c2CN(C2CCC(=O)NC2=O)C3=O)cc1)c1ccc(O)cc1. The number of piperidine rings is 1. The van der Waals surface area contributed by atoms with Gasteiger partial charge in [0.25, 0.3) is 5.91 Å². The van der Waals surface area contributed by atoms with Gasteiger partial charge in [-0.2, -0.15) is 0 Å². The summed E-state index contributed by atoms with van der Waals surface area (Å²) >= 11 is 0. The van der Waals surface area contributed by atoms with Gasteiger partial charge < -0.3 is 30.5 Å². The molecule has 2 heterocycles. The van der Waals surface area contributed by atoms with Crippen LogP contribution in [0.5, 0.6) is 17.2 Å². The van der Waals surface area contributed by atoms with Crippen LogP contribution in [0.15, 0.2) is 91.0 Å². The number of unbranched alkanes of at least 4 members (excludes halogenated alkanes) is 1. The molecule has 0 aliphatic carbocycles. The van der Waals surface area contributed by atoms with E-state index < -0.39 is 11.9 Å². The average Bonchev–Trinajstić information content (AvgIpc) is 3.52. The van der Waals surface area contributed by atoms with Gasteiger partial charge in [0.1, 0.15) is 29.9 Å². The van der Waals surface area contributed by atoms with Crippen molar-refractivity contribution in [3.63, 3.8) is 0 Å². The van der Waals surface area contributed by atoms with E-state index in [4.69, 9.17) is 4.74 Å². The molecule has 5 amide bonds. The van der Waals surface area contributed by atoms with Crippen LogP contribution in [0, 0.1) is 0 Å². The molecule has 284 valence electrons. The number of carbonyl (C=O) groups excluding carboxylic acids is 5. The molecule has 1 unspecified atom stereocenters. The molecule has 2 aliphatic heterocycles. The van der Waals surface area contributed by atoms with Gasteiger partial charge in [0.15, 0.2) is 0 Å². The third kappa shape index (κ3) is 9.39. The number of benzene rings is 4. The molecule has 0 bridgehead atoms. The number of phenolic OH excluding ortho intramolecular Hbond substituents is 2. The number of carbonyl (C=O) groups is 5. The van der Waals surface area contributed by atoms with Gasteiger partial charge in [0.2, 0.25) is 23.6 Å². The molecule has 12 heteroatoms. The third-order valence-electron chi connectivity index (χ3n) is 9.78. The summed E-state index contributed by atoms with van der Waals surface area (Å²) in [5.41, 5.74) is 6.54. The number of phenols is 2. The molecule has 0 radical (unpaired) electrons. The summed E-state index contributed by atoms with van der Waals surface area (Å²) < 4.78 is 5.90. The molecule has 5 N–H and O–H groups in total. The van der Waals surface area contributed by atoms with E-state index in [1.165, 1.54) is 4.90 Å². The van der Waals surface area contributed by atoms with Gasteiger partial charge in [0, 0.05) is 42.6 Å². The van der Waals surface area contributed by atoms with E-state index in [0.29, 0.717) is 42.0 Å². The lowest BCUT2D eigenvalue weighted by Gasteiger charge is -2.29. The number of ether oxygens (including phenoxy) is 1. The Morgan fingerprint density at radius 1 is 0.818 bits per heavy atom. The van der Waals surface area contributed by atoms with Crippen molar-refractivity contribution in [1.29, 1.82) is 0 Å². The summed E-state index contributed by atoms with van der Waals surface area (Å²) in [6, 6.07) is 26.2. The van der Waals surface area contributed by atoms with E-state index >= 15 is 0 Å². The second-order valence-corrected chi connectivity index (χ2v) is 13.5. The quantitative estimate of drug-likeness (QED) is 0.0567. The van der Waals surface area contributed by atoms with Crippen LogP contribution in [0.3, 0.4) is 0 Å². The van der Waals surface area contributed by atoms with Crippen LogP contribution in [0.1, 0.15) is 84.5 Å². The van der Waals surface area contributed by atoms with Crippen molar-refractivity contribution in [2.45, 2.75) is 64.5 Å². The Hall–Kier alpha value is -6.43. The highest BCUT2D eigenvalue weighted by molar-refractivity contribution is 6.07. The molecule has 1 fully saturated rings. The molecule has 0 spiro atoms. The molecule has 1 saturated heterocycles. The number of anilines is 1. The van der Waals surface area contributed by atoms with Gasteiger partial charge >= 0.3 is 0 Å². The number of imide groups is 1. The zero-order chi connectivity index (χ0) is 38.9. The topological polar surface area (TPSA) is 174 Å². The molecule has 4 aromatic rings. The maximum absolute atomic E-state index is 13.1. The normalized spacial score (nSPS) is 15.5. The highest BCUT2D eigenvalue weighted by atomic mass is 16.5. The van der Waals surface area contributed by atoms with Gasteiger partial charge in [-0.3, -0.25) is 29.3 Å². The number of fused-ring (bicyclic) bond motifs is 1. The lowest BCUT2D eigenvalue weighted by Crippen LogP contribution is -2.52. The first kappa shape index (κ1) is 38.3. The van der Waals surface area contributed by atoms with E-state index in [-0.39, 0.29) is 74.0 Å². The Balaban J connectivity index is 0.938. The summed E-state index contributed by atoms with van der Waals surface area (Å²) in [7, 11) is 0. The lowest BCUT2D eigenvalue weighted by atomic mass is 9.88. The van der Waals surface area contributed by atoms with Gasteiger partial charge in [0.05, 0.1) is 6.54 Å². The molecule has 0 aromatic heterocycles. The molecule has 2 aliphatic rings. The predicted octanol–water partition coefficient (Wildman–Crippen LogP) is 5.92. The average molecular weight is 745 g/mol. The minimum atomic E-state index is -0.738. The van der Waals surface area contributed by atoms with Crippen molar-refractivity contribution >= 4 is 46.4 Å². The summed E-state index contributed by atoms with van der Waals surface area (Å²) in [5.74, 6) is -0.511. The van der Waals surface area contributed by atoms with Gasteiger partial charge in [-0.15, -0.1) is 0 Å². The fraction of sp³-hybridized carbons (Fsp3) is 0.279. The lowest BCUT2D eigenvalue weighted by molar-refractivity contribution is -0.137. The number of rotatable bonds is 15. The molecule has 4 aromatic carbocycles. The predicted molar refractivity (Wildman–Crippen MR) is 207 cm³/mol. The van der Waals surface area contributed by atoms with Crippen LogP contribution in [0.25, 0.3) is 11.1 Å². The highest BCUT2D eigenvalue weighted by Crippen LogP contribution is 2.36. The Morgan fingerprint density at radius 2 is 1.44 bits per heavy atom. The number of nitrogens with zero attached hydrogens (tertiary/aromatic N) is 1. The maximum Gasteiger partial charge on any atom is 0.255 e. The van der Waals surface area contributed by atoms with Crippen molar-refractivity contribution in [2.24, 2.45) is 0 Å². The molecule has 0 saturated carbocycles. The number of aromatic hydroxyl groups is 2. The molecule has 1 atom stereocenters. The van der Waals surface area contributed by atoms with E-state index in [1.54, 1.807) is 42.5 Å². The highest BCUT2D eigenvalue weighted by Gasteiger charge is 2.40. The van der Waals surface area contributed by atoms with Crippen LogP contribution in [-0.2, 0) is 25.7 Å².